The lowest BCUT2D eigenvalue weighted by Gasteiger charge is -2.13. The Morgan fingerprint density at radius 1 is 1.06 bits per heavy atom. The molecule has 0 unspecified atom stereocenters. The normalized spacial score (nSPS) is 11.5. The highest BCUT2D eigenvalue weighted by atomic mass is 32.2. The van der Waals surface area contributed by atoms with E-state index < -0.39 is 16.0 Å². The van der Waals surface area contributed by atoms with Crippen LogP contribution in [0.1, 0.15) is 27.7 Å². The monoisotopic (exact) mass is 488 g/mol. The quantitative estimate of drug-likeness (QED) is 0.349. The van der Waals surface area contributed by atoms with Gasteiger partial charge in [-0.1, -0.05) is 18.2 Å². The van der Waals surface area contributed by atoms with Gasteiger partial charge in [0.1, 0.15) is 9.21 Å². The Balaban J connectivity index is 1.81. The third-order valence-electron chi connectivity index (χ3n) is 4.66. The Bertz CT molecular complexity index is 1400. The number of aromatic nitrogens is 2. The molecule has 0 aliphatic rings. The van der Waals surface area contributed by atoms with Gasteiger partial charge in [-0.15, -0.1) is 22.7 Å². The molecule has 0 bridgehead atoms. The molecule has 0 fully saturated rings. The number of para-hydroxylation sites is 2. The summed E-state index contributed by atoms with van der Waals surface area (Å²) in [6.45, 7) is 5.73. The first-order valence-corrected chi connectivity index (χ1v) is 12.9. The predicted octanol–water partition coefficient (Wildman–Crippen LogP) is 5.09. The third kappa shape index (κ3) is 4.31. The van der Waals surface area contributed by atoms with Crippen molar-refractivity contribution in [2.24, 2.45) is 0 Å². The van der Waals surface area contributed by atoms with Gasteiger partial charge in [0.15, 0.2) is 11.6 Å². The standard InChI is InChI=1S/C21H20N4O4S3/c1-4-29-21(26)17-12(2)13(3)31-20(17)24-18-19(23-15-9-6-5-8-14(15)22-18)25-32(27,28)16-10-7-11-30-16/h5-11H,4H2,1-3H3,(H,22,24)(H,23,25). The fourth-order valence-corrected chi connectivity index (χ4v) is 6.07. The van der Waals surface area contributed by atoms with Crippen LogP contribution in [0, 0.1) is 13.8 Å². The number of carbonyl (C=O) groups is 1. The number of hydrogen-bond donors (Lipinski definition) is 2. The smallest absolute Gasteiger partial charge is 0.341 e. The summed E-state index contributed by atoms with van der Waals surface area (Å²) in [6.07, 6.45) is 0. The number of ether oxygens (including phenoxy) is 1. The van der Waals surface area contributed by atoms with Gasteiger partial charge in [-0.2, -0.15) is 0 Å². The molecule has 0 radical (unpaired) electrons. The molecule has 4 rings (SSSR count). The van der Waals surface area contributed by atoms with Crippen LogP contribution in [0.4, 0.5) is 16.6 Å². The molecule has 11 heteroatoms. The summed E-state index contributed by atoms with van der Waals surface area (Å²) in [6, 6.07) is 10.3. The number of benzene rings is 1. The lowest BCUT2D eigenvalue weighted by Crippen LogP contribution is -2.15. The van der Waals surface area contributed by atoms with Crippen molar-refractivity contribution < 1.29 is 17.9 Å². The van der Waals surface area contributed by atoms with E-state index in [1.807, 2.05) is 19.9 Å². The van der Waals surface area contributed by atoms with E-state index in [-0.39, 0.29) is 22.5 Å². The Hall–Kier alpha value is -3.02. The van der Waals surface area contributed by atoms with E-state index >= 15 is 0 Å². The van der Waals surface area contributed by atoms with Crippen LogP contribution in [0.5, 0.6) is 0 Å². The van der Waals surface area contributed by atoms with Crippen LogP contribution in [-0.2, 0) is 14.8 Å². The summed E-state index contributed by atoms with van der Waals surface area (Å²) < 4.78 is 33.6. The summed E-state index contributed by atoms with van der Waals surface area (Å²) in [5.41, 5.74) is 2.31. The van der Waals surface area contributed by atoms with Crippen LogP contribution in [0.2, 0.25) is 0 Å². The molecule has 0 amide bonds. The highest BCUT2D eigenvalue weighted by Gasteiger charge is 2.24. The number of sulfonamides is 1. The topological polar surface area (TPSA) is 110 Å². The number of thiophene rings is 2. The van der Waals surface area contributed by atoms with Gasteiger partial charge in [0.25, 0.3) is 10.0 Å². The van der Waals surface area contributed by atoms with Gasteiger partial charge in [0.05, 0.1) is 23.2 Å². The Morgan fingerprint density at radius 2 is 1.75 bits per heavy atom. The second-order valence-electron chi connectivity index (χ2n) is 6.78. The molecule has 0 saturated heterocycles. The highest BCUT2D eigenvalue weighted by Crippen LogP contribution is 2.37. The number of fused-ring (bicyclic) bond motifs is 1. The summed E-state index contributed by atoms with van der Waals surface area (Å²) in [7, 11) is -3.85. The summed E-state index contributed by atoms with van der Waals surface area (Å²) >= 11 is 2.47. The molecule has 8 nitrogen and oxygen atoms in total. The van der Waals surface area contributed by atoms with Gasteiger partial charge in [0, 0.05) is 4.88 Å². The molecule has 4 aromatic rings. The molecule has 166 valence electrons. The van der Waals surface area contributed by atoms with Crippen molar-refractivity contribution in [1.29, 1.82) is 0 Å². The van der Waals surface area contributed by atoms with Crippen molar-refractivity contribution in [2.75, 3.05) is 16.6 Å². The minimum Gasteiger partial charge on any atom is -0.462 e. The zero-order chi connectivity index (χ0) is 22.9. The van der Waals surface area contributed by atoms with E-state index in [9.17, 15) is 13.2 Å². The summed E-state index contributed by atoms with van der Waals surface area (Å²) in [5, 5.41) is 5.32. The third-order valence-corrected chi connectivity index (χ3v) is 8.52. The maximum atomic E-state index is 12.9. The number of rotatable bonds is 7. The Labute approximate surface area is 193 Å². The van der Waals surface area contributed by atoms with Gasteiger partial charge in [-0.25, -0.2) is 23.2 Å². The summed E-state index contributed by atoms with van der Waals surface area (Å²) in [5.74, 6) is -0.224. The molecule has 3 aromatic heterocycles. The molecule has 0 spiro atoms. The van der Waals surface area contributed by atoms with Gasteiger partial charge in [0.2, 0.25) is 0 Å². The second-order valence-corrected chi connectivity index (χ2v) is 10.9. The van der Waals surface area contributed by atoms with Crippen LogP contribution in [0.3, 0.4) is 0 Å². The number of aryl methyl sites for hydroxylation is 1. The number of esters is 1. The Morgan fingerprint density at radius 3 is 2.38 bits per heavy atom. The van der Waals surface area contributed by atoms with E-state index in [0.717, 1.165) is 21.8 Å². The second kappa shape index (κ2) is 8.85. The number of nitrogens with one attached hydrogen (secondary N) is 2. The van der Waals surface area contributed by atoms with E-state index in [1.165, 1.54) is 17.4 Å². The number of anilines is 3. The first-order valence-electron chi connectivity index (χ1n) is 9.67. The molecule has 0 aliphatic carbocycles. The Kier molecular flexibility index (Phi) is 6.13. The van der Waals surface area contributed by atoms with Crippen molar-refractivity contribution in [3.05, 3.63) is 57.8 Å². The van der Waals surface area contributed by atoms with Crippen molar-refractivity contribution in [3.63, 3.8) is 0 Å². The van der Waals surface area contributed by atoms with Crippen LogP contribution in [-0.4, -0.2) is 31.0 Å². The predicted molar refractivity (Wildman–Crippen MR) is 128 cm³/mol. The molecule has 1 aromatic carbocycles. The average Bonchev–Trinajstić information content (AvgIpc) is 3.38. The maximum Gasteiger partial charge on any atom is 0.341 e. The van der Waals surface area contributed by atoms with Crippen LogP contribution < -0.4 is 10.0 Å². The maximum absolute atomic E-state index is 12.9. The first-order chi connectivity index (χ1) is 15.3. The summed E-state index contributed by atoms with van der Waals surface area (Å²) in [4.78, 5) is 22.6. The van der Waals surface area contributed by atoms with Crippen molar-refractivity contribution in [1.82, 2.24) is 9.97 Å². The number of carbonyl (C=O) groups excluding carboxylic acids is 1. The fourth-order valence-electron chi connectivity index (χ4n) is 3.02. The van der Waals surface area contributed by atoms with Crippen molar-refractivity contribution in [2.45, 2.75) is 25.0 Å². The van der Waals surface area contributed by atoms with Crippen LogP contribution >= 0.6 is 22.7 Å². The molecular formula is C21H20N4O4S3. The molecule has 3 heterocycles. The zero-order valence-corrected chi connectivity index (χ0v) is 20.0. The molecule has 0 aliphatic heterocycles. The lowest BCUT2D eigenvalue weighted by atomic mass is 10.1. The van der Waals surface area contributed by atoms with E-state index in [0.29, 0.717) is 21.6 Å². The van der Waals surface area contributed by atoms with Gasteiger partial charge in [-0.3, -0.25) is 4.72 Å². The molecule has 0 saturated carbocycles. The average molecular weight is 489 g/mol. The number of hydrogen-bond acceptors (Lipinski definition) is 9. The van der Waals surface area contributed by atoms with Gasteiger partial charge >= 0.3 is 5.97 Å². The molecular weight excluding hydrogens is 468 g/mol. The zero-order valence-electron chi connectivity index (χ0n) is 17.5. The van der Waals surface area contributed by atoms with E-state index in [2.05, 4.69) is 20.0 Å². The molecule has 2 N–H and O–H groups in total. The largest absolute Gasteiger partial charge is 0.462 e. The molecule has 32 heavy (non-hydrogen) atoms. The van der Waals surface area contributed by atoms with E-state index in [4.69, 9.17) is 4.74 Å². The van der Waals surface area contributed by atoms with Crippen molar-refractivity contribution >= 4 is 66.3 Å². The van der Waals surface area contributed by atoms with Crippen molar-refractivity contribution in [3.8, 4) is 0 Å². The van der Waals surface area contributed by atoms with Crippen LogP contribution in [0.25, 0.3) is 11.0 Å². The minimum absolute atomic E-state index is 0.0376. The van der Waals surface area contributed by atoms with Gasteiger partial charge in [-0.05, 0) is 49.9 Å². The first kappa shape index (κ1) is 22.2. The fraction of sp³-hybridized carbons (Fsp3) is 0.190. The van der Waals surface area contributed by atoms with E-state index in [1.54, 1.807) is 36.6 Å². The number of nitrogens with zero attached hydrogens (tertiary/aromatic N) is 2. The van der Waals surface area contributed by atoms with Gasteiger partial charge < -0.3 is 10.1 Å². The molecule has 0 atom stereocenters. The van der Waals surface area contributed by atoms with Crippen LogP contribution in [0.15, 0.2) is 46.0 Å². The minimum atomic E-state index is -3.85. The highest BCUT2D eigenvalue weighted by molar-refractivity contribution is 7.94. The SMILES string of the molecule is CCOC(=O)c1c(Nc2nc3ccccc3nc2NS(=O)(=O)c2cccs2)sc(C)c1C. The lowest BCUT2D eigenvalue weighted by molar-refractivity contribution is 0.0527.